The topological polar surface area (TPSA) is 68.1 Å². The molecule has 1 aromatic carbocycles. The molecule has 2 aromatic rings. The van der Waals surface area contributed by atoms with E-state index in [9.17, 15) is 4.79 Å². The summed E-state index contributed by atoms with van der Waals surface area (Å²) in [4.78, 5) is 14.2. The zero-order chi connectivity index (χ0) is 10.1. The van der Waals surface area contributed by atoms with Crippen molar-refractivity contribution in [1.82, 2.24) is 4.98 Å². The maximum atomic E-state index is 11.2. The lowest BCUT2D eigenvalue weighted by Crippen LogP contribution is -2.02. The second-order valence-corrected chi connectivity index (χ2v) is 3.00. The minimum Gasteiger partial charge on any atom is -0.465 e. The zero-order valence-electron chi connectivity index (χ0n) is 7.70. The molecular formula is C10H10N2O2. The molecule has 0 bridgehead atoms. The van der Waals surface area contributed by atoms with E-state index in [1.807, 2.05) is 6.07 Å². The number of aromatic amines is 1. The highest BCUT2D eigenvalue weighted by molar-refractivity contribution is 5.99. The molecule has 3 N–H and O–H groups in total. The van der Waals surface area contributed by atoms with Gasteiger partial charge in [-0.2, -0.15) is 0 Å². The molecule has 72 valence electrons. The molecule has 0 aliphatic heterocycles. The molecule has 0 aliphatic rings. The van der Waals surface area contributed by atoms with Crippen LogP contribution in [-0.2, 0) is 4.74 Å². The number of ether oxygens (including phenoxy) is 1. The fourth-order valence-electron chi connectivity index (χ4n) is 1.43. The minimum atomic E-state index is -0.381. The number of H-pyrrole nitrogens is 1. The molecule has 4 nitrogen and oxygen atoms in total. The van der Waals surface area contributed by atoms with Gasteiger partial charge in [-0.05, 0) is 18.2 Å². The summed E-state index contributed by atoms with van der Waals surface area (Å²) in [6.07, 6.45) is 1.78. The lowest BCUT2D eigenvalue weighted by Gasteiger charge is -2.01. The van der Waals surface area contributed by atoms with Gasteiger partial charge in [0.15, 0.2) is 0 Å². The number of nitrogens with one attached hydrogen (secondary N) is 1. The Bertz CT molecular complexity index is 488. The van der Waals surface area contributed by atoms with Crippen LogP contribution in [0.1, 0.15) is 10.4 Å². The second kappa shape index (κ2) is 3.06. The van der Waals surface area contributed by atoms with Gasteiger partial charge in [-0.25, -0.2) is 4.79 Å². The second-order valence-electron chi connectivity index (χ2n) is 3.00. The average Bonchev–Trinajstić information content (AvgIpc) is 2.64. The molecule has 2 rings (SSSR count). The molecule has 0 amide bonds. The minimum absolute atomic E-state index is 0.381. The molecule has 1 aromatic heterocycles. The van der Waals surface area contributed by atoms with Crippen LogP contribution in [0.15, 0.2) is 24.4 Å². The molecule has 0 saturated carbocycles. The normalized spacial score (nSPS) is 10.4. The van der Waals surface area contributed by atoms with E-state index >= 15 is 0 Å². The van der Waals surface area contributed by atoms with Crippen molar-refractivity contribution >= 4 is 22.6 Å². The summed E-state index contributed by atoms with van der Waals surface area (Å²) in [5.41, 5.74) is 7.64. The van der Waals surface area contributed by atoms with Gasteiger partial charge < -0.3 is 15.5 Å². The molecule has 0 radical (unpaired) electrons. The standard InChI is InChI=1S/C10H10N2O2/c1-14-10(13)6-4-8(11)7-2-3-12-9(7)5-6/h2-5,12H,11H2,1H3. The van der Waals surface area contributed by atoms with Gasteiger partial charge in [0.1, 0.15) is 0 Å². The smallest absolute Gasteiger partial charge is 0.337 e. The van der Waals surface area contributed by atoms with Gasteiger partial charge in [0.25, 0.3) is 0 Å². The van der Waals surface area contributed by atoms with Crippen molar-refractivity contribution in [2.45, 2.75) is 0 Å². The summed E-state index contributed by atoms with van der Waals surface area (Å²) >= 11 is 0. The number of hydrogen-bond acceptors (Lipinski definition) is 3. The molecule has 0 atom stereocenters. The highest BCUT2D eigenvalue weighted by Crippen LogP contribution is 2.22. The van der Waals surface area contributed by atoms with E-state index in [-0.39, 0.29) is 5.97 Å². The van der Waals surface area contributed by atoms with Gasteiger partial charge in [0, 0.05) is 22.8 Å². The highest BCUT2D eigenvalue weighted by atomic mass is 16.5. The van der Waals surface area contributed by atoms with Crippen molar-refractivity contribution in [2.24, 2.45) is 0 Å². The van der Waals surface area contributed by atoms with Crippen molar-refractivity contribution in [1.29, 1.82) is 0 Å². The maximum Gasteiger partial charge on any atom is 0.337 e. The molecule has 0 unspecified atom stereocenters. The van der Waals surface area contributed by atoms with Crippen LogP contribution in [0.5, 0.6) is 0 Å². The van der Waals surface area contributed by atoms with Gasteiger partial charge in [-0.1, -0.05) is 0 Å². The number of nitrogen functional groups attached to an aromatic ring is 1. The molecule has 1 heterocycles. The number of methoxy groups -OCH3 is 1. The number of benzene rings is 1. The monoisotopic (exact) mass is 190 g/mol. The first kappa shape index (κ1) is 8.62. The third kappa shape index (κ3) is 1.21. The molecule has 0 aliphatic carbocycles. The predicted molar refractivity (Wildman–Crippen MR) is 54.1 cm³/mol. The Balaban J connectivity index is 2.64. The number of hydrogen-bond donors (Lipinski definition) is 2. The van der Waals surface area contributed by atoms with E-state index in [4.69, 9.17) is 5.73 Å². The van der Waals surface area contributed by atoms with Crippen LogP contribution in [0.4, 0.5) is 5.69 Å². The summed E-state index contributed by atoms with van der Waals surface area (Å²) in [6.45, 7) is 0. The molecule has 0 fully saturated rings. The third-order valence-electron chi connectivity index (χ3n) is 2.12. The number of fused-ring (bicyclic) bond motifs is 1. The molecule has 0 saturated heterocycles. The summed E-state index contributed by atoms with van der Waals surface area (Å²) in [5, 5.41) is 0.914. The van der Waals surface area contributed by atoms with Crippen LogP contribution in [0.2, 0.25) is 0 Å². The number of nitrogens with two attached hydrogens (primary N) is 1. The van der Waals surface area contributed by atoms with Gasteiger partial charge in [0.2, 0.25) is 0 Å². The van der Waals surface area contributed by atoms with Crippen molar-refractivity contribution in [3.05, 3.63) is 30.0 Å². The van der Waals surface area contributed by atoms with Crippen LogP contribution in [0, 0.1) is 0 Å². The lowest BCUT2D eigenvalue weighted by atomic mass is 10.1. The van der Waals surface area contributed by atoms with Crippen LogP contribution in [0.25, 0.3) is 10.9 Å². The van der Waals surface area contributed by atoms with E-state index in [1.165, 1.54) is 7.11 Å². The van der Waals surface area contributed by atoms with E-state index < -0.39 is 0 Å². The molecule has 4 heteroatoms. The average molecular weight is 190 g/mol. The van der Waals surface area contributed by atoms with Gasteiger partial charge >= 0.3 is 5.97 Å². The Hall–Kier alpha value is -1.97. The predicted octanol–water partition coefficient (Wildman–Crippen LogP) is 1.54. The number of carbonyl (C=O) groups excluding carboxylic acids is 1. The van der Waals surface area contributed by atoms with Crippen LogP contribution >= 0.6 is 0 Å². The lowest BCUT2D eigenvalue weighted by molar-refractivity contribution is 0.0601. The Morgan fingerprint density at radius 2 is 2.29 bits per heavy atom. The third-order valence-corrected chi connectivity index (χ3v) is 2.12. The number of esters is 1. The first-order chi connectivity index (χ1) is 6.72. The van der Waals surface area contributed by atoms with E-state index in [0.29, 0.717) is 11.3 Å². The number of carbonyl (C=O) groups is 1. The first-order valence-electron chi connectivity index (χ1n) is 4.17. The van der Waals surface area contributed by atoms with Crippen molar-refractivity contribution < 1.29 is 9.53 Å². The van der Waals surface area contributed by atoms with Crippen molar-refractivity contribution in [3.63, 3.8) is 0 Å². The van der Waals surface area contributed by atoms with E-state index in [0.717, 1.165) is 10.9 Å². The van der Waals surface area contributed by atoms with Crippen molar-refractivity contribution in [3.8, 4) is 0 Å². The van der Waals surface area contributed by atoms with Gasteiger partial charge in [-0.15, -0.1) is 0 Å². The number of anilines is 1. The fraction of sp³-hybridized carbons (Fsp3) is 0.100. The van der Waals surface area contributed by atoms with E-state index in [1.54, 1.807) is 18.3 Å². The Morgan fingerprint density at radius 1 is 1.50 bits per heavy atom. The first-order valence-corrected chi connectivity index (χ1v) is 4.17. The van der Waals surface area contributed by atoms with Gasteiger partial charge in [-0.3, -0.25) is 0 Å². The number of aromatic nitrogens is 1. The summed E-state index contributed by atoms with van der Waals surface area (Å²) in [5.74, 6) is -0.381. The molecular weight excluding hydrogens is 180 g/mol. The maximum absolute atomic E-state index is 11.2. The SMILES string of the molecule is COC(=O)c1cc(N)c2cc[nH]c2c1. The van der Waals surface area contributed by atoms with Crippen LogP contribution in [0.3, 0.4) is 0 Å². The highest BCUT2D eigenvalue weighted by Gasteiger charge is 2.08. The Labute approximate surface area is 80.7 Å². The Kier molecular flexibility index (Phi) is 1.89. The fourth-order valence-corrected chi connectivity index (χ4v) is 1.43. The molecule has 14 heavy (non-hydrogen) atoms. The van der Waals surface area contributed by atoms with Crippen LogP contribution in [-0.4, -0.2) is 18.1 Å². The number of rotatable bonds is 1. The van der Waals surface area contributed by atoms with Crippen LogP contribution < -0.4 is 5.73 Å². The quantitative estimate of drug-likeness (QED) is 0.529. The molecule has 0 spiro atoms. The zero-order valence-corrected chi connectivity index (χ0v) is 7.70. The summed E-state index contributed by atoms with van der Waals surface area (Å²) in [6, 6.07) is 5.20. The largest absolute Gasteiger partial charge is 0.465 e. The summed E-state index contributed by atoms with van der Waals surface area (Å²) in [7, 11) is 1.34. The van der Waals surface area contributed by atoms with E-state index in [2.05, 4.69) is 9.72 Å². The Morgan fingerprint density at radius 3 is 3.00 bits per heavy atom. The van der Waals surface area contributed by atoms with Gasteiger partial charge in [0.05, 0.1) is 12.7 Å². The van der Waals surface area contributed by atoms with Crippen molar-refractivity contribution in [2.75, 3.05) is 12.8 Å². The summed E-state index contributed by atoms with van der Waals surface area (Å²) < 4.78 is 4.61.